The second-order valence-electron chi connectivity index (χ2n) is 6.32. The Morgan fingerprint density at radius 1 is 1.03 bits per heavy atom. The average Bonchev–Trinajstić information content (AvgIpc) is 2.65. The fourth-order valence-electron chi connectivity index (χ4n) is 3.08. The largest absolute Gasteiger partial charge is 0.416 e. The molecule has 0 saturated carbocycles. The first kappa shape index (κ1) is 22.4. The van der Waals surface area contributed by atoms with Gasteiger partial charge >= 0.3 is 12.4 Å². The average molecular weight is 458 g/mol. The van der Waals surface area contributed by atoms with E-state index in [9.17, 15) is 36.0 Å². The van der Waals surface area contributed by atoms with Crippen molar-refractivity contribution in [3.63, 3.8) is 0 Å². The van der Waals surface area contributed by atoms with Gasteiger partial charge in [-0.25, -0.2) is 14.4 Å². The smallest absolute Gasteiger partial charge is 0.397 e. The third kappa shape index (κ3) is 3.76. The summed E-state index contributed by atoms with van der Waals surface area (Å²) in [5, 5.41) is 22.4. The number of hydrogen-bond acceptors (Lipinski definition) is 8. The monoisotopic (exact) mass is 458 g/mol. The zero-order chi connectivity index (χ0) is 24.0. The Bertz CT molecular complexity index is 1220. The van der Waals surface area contributed by atoms with Crippen molar-refractivity contribution < 1.29 is 30.7 Å². The Morgan fingerprint density at radius 3 is 2.22 bits per heavy atom. The van der Waals surface area contributed by atoms with E-state index in [4.69, 9.17) is 16.7 Å². The number of aromatic nitrogens is 1. The van der Waals surface area contributed by atoms with Gasteiger partial charge in [0, 0.05) is 11.1 Å². The number of nitriles is 2. The molecule has 1 aromatic carbocycles. The molecule has 0 amide bonds. The molecule has 0 saturated heterocycles. The number of benzene rings is 1. The molecule has 32 heavy (non-hydrogen) atoms. The zero-order valence-electron chi connectivity index (χ0n) is 15.3. The molecular formula is C17H9F7N8. The molecule has 166 valence electrons. The number of nitrogens with two attached hydrogens (primary N) is 2. The van der Waals surface area contributed by atoms with Gasteiger partial charge in [-0.2, -0.15) is 36.9 Å². The van der Waals surface area contributed by atoms with Crippen LogP contribution in [0.1, 0.15) is 33.9 Å². The van der Waals surface area contributed by atoms with E-state index in [0.29, 0.717) is 0 Å². The van der Waals surface area contributed by atoms with Crippen molar-refractivity contribution in [3.05, 3.63) is 45.8 Å². The summed E-state index contributed by atoms with van der Waals surface area (Å²) in [4.78, 5) is 7.54. The highest BCUT2D eigenvalue weighted by atomic mass is 19.4. The second kappa shape index (κ2) is 7.45. The van der Waals surface area contributed by atoms with E-state index in [-0.39, 0.29) is 18.0 Å². The van der Waals surface area contributed by atoms with Crippen molar-refractivity contribution in [2.75, 3.05) is 16.8 Å². The maximum atomic E-state index is 14.8. The summed E-state index contributed by atoms with van der Waals surface area (Å²) in [7, 11) is 0. The summed E-state index contributed by atoms with van der Waals surface area (Å²) in [6.45, 7) is 0. The summed E-state index contributed by atoms with van der Waals surface area (Å²) in [6.07, 6.45) is -9.28. The van der Waals surface area contributed by atoms with Crippen molar-refractivity contribution >= 4 is 23.3 Å². The molecule has 2 heterocycles. The molecule has 3 rings (SSSR count). The lowest BCUT2D eigenvalue weighted by atomic mass is 9.90. The molecule has 1 atom stereocenters. The lowest BCUT2D eigenvalue weighted by Gasteiger charge is -2.28. The number of hydrogen-bond donors (Lipinski definition) is 4. The van der Waals surface area contributed by atoms with Crippen LogP contribution in [-0.2, 0) is 12.4 Å². The van der Waals surface area contributed by atoms with E-state index in [1.54, 1.807) is 6.07 Å². The van der Waals surface area contributed by atoms with Gasteiger partial charge in [0.05, 0.1) is 16.8 Å². The predicted octanol–water partition coefficient (Wildman–Crippen LogP) is 3.24. The highest BCUT2D eigenvalue weighted by Gasteiger charge is 2.43. The van der Waals surface area contributed by atoms with Crippen LogP contribution >= 0.6 is 0 Å². The maximum Gasteiger partial charge on any atom is 0.416 e. The molecule has 0 bridgehead atoms. The molecule has 1 aromatic heterocycles. The van der Waals surface area contributed by atoms with Crippen molar-refractivity contribution in [1.29, 1.82) is 10.5 Å². The normalized spacial score (nSPS) is 15.7. The molecule has 1 aliphatic rings. The highest BCUT2D eigenvalue weighted by Crippen LogP contribution is 2.47. The molecule has 0 spiro atoms. The number of nitrogen functional groups attached to an aromatic ring is 2. The van der Waals surface area contributed by atoms with Gasteiger partial charge < -0.3 is 16.8 Å². The van der Waals surface area contributed by atoms with Crippen molar-refractivity contribution in [1.82, 2.24) is 10.3 Å². The third-order valence-electron chi connectivity index (χ3n) is 4.39. The van der Waals surface area contributed by atoms with Gasteiger partial charge in [0.1, 0.15) is 35.1 Å². The summed E-state index contributed by atoms with van der Waals surface area (Å²) >= 11 is 0. The zero-order valence-corrected chi connectivity index (χ0v) is 15.3. The van der Waals surface area contributed by atoms with Gasteiger partial charge in [0.2, 0.25) is 5.96 Å². The Hall–Kier alpha value is -4.27. The minimum absolute atomic E-state index is 0.120. The minimum Gasteiger partial charge on any atom is -0.397 e. The first-order valence-electron chi connectivity index (χ1n) is 8.26. The number of rotatable bonds is 1. The maximum absolute atomic E-state index is 14.8. The SMILES string of the molecule is N#CNC1=NC(c2c(F)cc(C(F)(F)F)cc2C(F)(F)F)c2c(nc(N)c(C#N)c2N)N1. The minimum atomic E-state index is -5.44. The Morgan fingerprint density at radius 2 is 1.69 bits per heavy atom. The van der Waals surface area contributed by atoms with Crippen LogP contribution in [0.4, 0.5) is 48.1 Å². The number of anilines is 3. The molecule has 15 heteroatoms. The van der Waals surface area contributed by atoms with Crippen LogP contribution in [0.15, 0.2) is 17.1 Å². The number of pyridine rings is 1. The Kier molecular flexibility index (Phi) is 5.22. The van der Waals surface area contributed by atoms with E-state index in [1.807, 2.05) is 5.32 Å². The van der Waals surface area contributed by atoms with Crippen LogP contribution in [0, 0.1) is 28.6 Å². The summed E-state index contributed by atoms with van der Waals surface area (Å²) in [5.74, 6) is -3.20. The van der Waals surface area contributed by atoms with Gasteiger partial charge in [0.15, 0.2) is 6.19 Å². The molecule has 0 radical (unpaired) electrons. The van der Waals surface area contributed by atoms with Crippen molar-refractivity contribution in [3.8, 4) is 12.3 Å². The van der Waals surface area contributed by atoms with Crippen LogP contribution in [0.2, 0.25) is 0 Å². The number of halogens is 7. The summed E-state index contributed by atoms with van der Waals surface area (Å²) in [6, 6.07) is -0.822. The van der Waals surface area contributed by atoms with Crippen LogP contribution in [0.25, 0.3) is 0 Å². The van der Waals surface area contributed by atoms with Gasteiger partial charge in [-0.1, -0.05) is 0 Å². The summed E-state index contributed by atoms with van der Waals surface area (Å²) < 4.78 is 95.0. The van der Waals surface area contributed by atoms with Gasteiger partial charge in [-0.15, -0.1) is 0 Å². The molecule has 0 aliphatic carbocycles. The predicted molar refractivity (Wildman–Crippen MR) is 95.8 cm³/mol. The first-order valence-corrected chi connectivity index (χ1v) is 8.26. The molecule has 1 unspecified atom stereocenters. The molecule has 6 N–H and O–H groups in total. The van der Waals surface area contributed by atoms with E-state index < -0.39 is 69.5 Å². The summed E-state index contributed by atoms with van der Waals surface area (Å²) in [5.41, 5.74) is 4.88. The van der Waals surface area contributed by atoms with Crippen LogP contribution in [-0.4, -0.2) is 10.9 Å². The molecule has 0 fully saturated rings. The first-order chi connectivity index (χ1) is 14.8. The Balaban J connectivity index is 2.42. The molecule has 8 nitrogen and oxygen atoms in total. The molecular weight excluding hydrogens is 449 g/mol. The van der Waals surface area contributed by atoms with Crippen molar-refractivity contribution in [2.45, 2.75) is 18.4 Å². The standard InChI is InChI=1S/C17H9F7N8/c18-8-2-5(16(19,20)21)1-7(17(22,23)24)9(8)12-10-11(27)6(3-25)13(28)31-14(10)32-15(30-12)29-4-26/h1-2,12H,(H6,27,28,29,30,31,32). The number of nitrogens with one attached hydrogen (secondary N) is 2. The van der Waals surface area contributed by atoms with E-state index in [0.717, 1.165) is 0 Å². The highest BCUT2D eigenvalue weighted by molar-refractivity contribution is 5.98. The fraction of sp³-hybridized carbons (Fsp3) is 0.176. The van der Waals surface area contributed by atoms with Gasteiger partial charge in [-0.05, 0) is 12.1 Å². The lowest BCUT2D eigenvalue weighted by molar-refractivity contribution is -0.143. The number of alkyl halides is 6. The van der Waals surface area contributed by atoms with Gasteiger partial charge in [0.25, 0.3) is 0 Å². The van der Waals surface area contributed by atoms with Crippen LogP contribution in [0.3, 0.4) is 0 Å². The second-order valence-corrected chi connectivity index (χ2v) is 6.32. The third-order valence-corrected chi connectivity index (χ3v) is 4.39. The number of fused-ring (bicyclic) bond motifs is 1. The quantitative estimate of drug-likeness (QED) is 0.291. The van der Waals surface area contributed by atoms with Crippen LogP contribution < -0.4 is 22.1 Å². The van der Waals surface area contributed by atoms with E-state index in [2.05, 4.69) is 15.3 Å². The topological polar surface area (TPSA) is 149 Å². The number of aliphatic imine (C=N–C) groups is 1. The Labute approximate surface area is 174 Å². The fourth-order valence-corrected chi connectivity index (χ4v) is 3.08. The molecule has 1 aliphatic heterocycles. The molecule has 2 aromatic rings. The van der Waals surface area contributed by atoms with Crippen LogP contribution in [0.5, 0.6) is 0 Å². The lowest BCUT2D eigenvalue weighted by Crippen LogP contribution is -2.33. The van der Waals surface area contributed by atoms with E-state index >= 15 is 0 Å². The van der Waals surface area contributed by atoms with Gasteiger partial charge in [-0.3, -0.25) is 5.32 Å². The number of guanidine groups is 1. The number of nitrogens with zero attached hydrogens (tertiary/aromatic N) is 4. The van der Waals surface area contributed by atoms with Crippen molar-refractivity contribution in [2.24, 2.45) is 4.99 Å². The van der Waals surface area contributed by atoms with E-state index in [1.165, 1.54) is 6.19 Å².